The van der Waals surface area contributed by atoms with Crippen molar-refractivity contribution < 1.29 is 13.9 Å². The minimum atomic E-state index is -0.353. The van der Waals surface area contributed by atoms with E-state index in [-0.39, 0.29) is 35.4 Å². The van der Waals surface area contributed by atoms with E-state index in [0.717, 1.165) is 55.3 Å². The number of nitrogens with zero attached hydrogens (tertiary/aromatic N) is 3. The Kier molecular flexibility index (Phi) is 6.46. The van der Waals surface area contributed by atoms with E-state index in [2.05, 4.69) is 27.5 Å². The molecule has 0 radical (unpaired) electrons. The number of anilines is 1. The molecule has 2 N–H and O–H groups in total. The van der Waals surface area contributed by atoms with E-state index >= 15 is 4.39 Å². The minimum absolute atomic E-state index is 0.0967. The lowest BCUT2D eigenvalue weighted by atomic mass is 9.96. The van der Waals surface area contributed by atoms with Crippen LogP contribution in [0.4, 0.5) is 10.3 Å². The molecule has 7 rings (SSSR count). The molecule has 1 saturated heterocycles. The molecule has 2 saturated carbocycles. The number of ketones is 1. The topological polar surface area (TPSA) is 89.0 Å². The smallest absolute Gasteiger partial charge is 0.228 e. The monoisotopic (exact) mass is 551 g/mol. The van der Waals surface area contributed by atoms with Gasteiger partial charge in [-0.1, -0.05) is 19.1 Å². The van der Waals surface area contributed by atoms with Crippen LogP contribution in [-0.4, -0.2) is 39.9 Å². The Labute approximate surface area is 239 Å². The Hall–Kier alpha value is -3.91. The number of ether oxygens (including phenoxy) is 1. The summed E-state index contributed by atoms with van der Waals surface area (Å²) in [4.78, 5) is 26.8. The molecular formula is C33H34FN5O2. The molecule has 4 aromatic rings. The van der Waals surface area contributed by atoms with Crippen LogP contribution < -0.4 is 15.4 Å². The van der Waals surface area contributed by atoms with E-state index in [1.165, 1.54) is 6.07 Å². The van der Waals surface area contributed by atoms with Gasteiger partial charge < -0.3 is 15.4 Å². The second kappa shape index (κ2) is 10.2. The number of halogens is 1. The molecule has 0 bridgehead atoms. The van der Waals surface area contributed by atoms with Crippen LogP contribution in [0.15, 0.2) is 54.9 Å². The van der Waals surface area contributed by atoms with Crippen LogP contribution in [0.2, 0.25) is 0 Å². The third kappa shape index (κ3) is 5.05. The van der Waals surface area contributed by atoms with Crippen LogP contribution in [0, 0.1) is 30.0 Å². The molecule has 1 aliphatic heterocycles. The molecule has 1 spiro atoms. The fourth-order valence-corrected chi connectivity index (χ4v) is 6.44. The molecule has 3 atom stereocenters. The lowest BCUT2D eigenvalue weighted by molar-refractivity contribution is -0.120. The van der Waals surface area contributed by atoms with E-state index in [1.807, 2.05) is 37.3 Å². The summed E-state index contributed by atoms with van der Waals surface area (Å²) in [7, 11) is 0. The summed E-state index contributed by atoms with van der Waals surface area (Å²) in [5.74, 6) is 2.03. The first-order valence-corrected chi connectivity index (χ1v) is 14.6. The fraction of sp³-hybridized carbons (Fsp3) is 0.394. The van der Waals surface area contributed by atoms with Crippen molar-refractivity contribution in [1.82, 2.24) is 20.3 Å². The molecule has 2 aliphatic carbocycles. The zero-order valence-corrected chi connectivity index (χ0v) is 23.4. The van der Waals surface area contributed by atoms with Gasteiger partial charge in [0.15, 0.2) is 0 Å². The van der Waals surface area contributed by atoms with E-state index in [0.29, 0.717) is 40.1 Å². The lowest BCUT2D eigenvalue weighted by Crippen LogP contribution is -2.42. The molecule has 3 heterocycles. The number of pyridine rings is 1. The summed E-state index contributed by atoms with van der Waals surface area (Å²) >= 11 is 0. The summed E-state index contributed by atoms with van der Waals surface area (Å²) < 4.78 is 21.6. The maximum absolute atomic E-state index is 15.1. The van der Waals surface area contributed by atoms with Crippen LogP contribution >= 0.6 is 0 Å². The number of Topliss-reactive ketones (excluding diaryl/α,β-unsaturated/α-hetero) is 1. The number of rotatable bonds is 8. The Morgan fingerprint density at radius 3 is 2.76 bits per heavy atom. The number of piperidine rings is 1. The largest absolute Gasteiger partial charge is 0.437 e. The van der Waals surface area contributed by atoms with Crippen LogP contribution in [0.3, 0.4) is 0 Å². The van der Waals surface area contributed by atoms with E-state index < -0.39 is 0 Å². The number of carbonyl (C=O) groups is 1. The van der Waals surface area contributed by atoms with Crippen LogP contribution in [-0.2, 0) is 11.2 Å². The summed E-state index contributed by atoms with van der Waals surface area (Å²) in [6.45, 7) is 6.08. The molecule has 41 heavy (non-hydrogen) atoms. The molecule has 0 amide bonds. The van der Waals surface area contributed by atoms with E-state index in [9.17, 15) is 4.79 Å². The van der Waals surface area contributed by atoms with Gasteiger partial charge in [-0.3, -0.25) is 4.79 Å². The third-order valence-electron chi connectivity index (χ3n) is 9.03. The molecule has 2 aromatic carbocycles. The van der Waals surface area contributed by atoms with Crippen LogP contribution in [0.25, 0.3) is 22.0 Å². The number of aryl methyl sites for hydroxylation is 1. The Morgan fingerprint density at radius 2 is 1.95 bits per heavy atom. The van der Waals surface area contributed by atoms with Gasteiger partial charge in [0, 0.05) is 48.3 Å². The first kappa shape index (κ1) is 26.0. The number of benzene rings is 2. The maximum Gasteiger partial charge on any atom is 0.228 e. The highest BCUT2D eigenvalue weighted by Crippen LogP contribution is 2.71. The summed E-state index contributed by atoms with van der Waals surface area (Å²) in [6.07, 6.45) is 7.81. The van der Waals surface area contributed by atoms with Crippen molar-refractivity contribution in [3.8, 4) is 22.9 Å². The average Bonchev–Trinajstić information content (AvgIpc) is 3.90. The van der Waals surface area contributed by atoms with Gasteiger partial charge in [-0.05, 0) is 91.8 Å². The first-order valence-electron chi connectivity index (χ1n) is 14.6. The third-order valence-corrected chi connectivity index (χ3v) is 9.03. The van der Waals surface area contributed by atoms with Crippen molar-refractivity contribution in [2.24, 2.45) is 17.3 Å². The van der Waals surface area contributed by atoms with E-state index in [4.69, 9.17) is 9.72 Å². The molecule has 7 nitrogen and oxygen atoms in total. The summed E-state index contributed by atoms with van der Waals surface area (Å²) in [5.41, 5.74) is 3.00. The standard InChI is InChI=1S/C33H34FN5O2/c1-19-14-21(18-35-17-19)38-32-37-13-9-28(39-32)24-4-3-12-36-31(24)41-30-20(2)5-6-22-23(30)7-8-27(34)25(22)15-29(40)26-16-33(26)10-11-33/h3-9,12-13,19,21,26,35H,10-11,14-18H2,1-2H3,(H,37,38,39)/t19-,21+,26+/m1/s1. The van der Waals surface area contributed by atoms with Crippen molar-refractivity contribution in [3.05, 3.63) is 71.8 Å². The highest BCUT2D eigenvalue weighted by molar-refractivity contribution is 5.97. The van der Waals surface area contributed by atoms with Gasteiger partial charge in [0.2, 0.25) is 11.8 Å². The zero-order chi connectivity index (χ0) is 28.1. The highest BCUT2D eigenvalue weighted by atomic mass is 19.1. The van der Waals surface area contributed by atoms with Gasteiger partial charge >= 0.3 is 0 Å². The molecular weight excluding hydrogens is 517 g/mol. The van der Waals surface area contributed by atoms with Crippen molar-refractivity contribution in [3.63, 3.8) is 0 Å². The molecule has 210 valence electrons. The van der Waals surface area contributed by atoms with Crippen molar-refractivity contribution in [2.45, 2.75) is 52.0 Å². The predicted molar refractivity (Wildman–Crippen MR) is 157 cm³/mol. The van der Waals surface area contributed by atoms with Gasteiger partial charge in [-0.2, -0.15) is 0 Å². The van der Waals surface area contributed by atoms with Crippen molar-refractivity contribution in [1.29, 1.82) is 0 Å². The van der Waals surface area contributed by atoms with Crippen molar-refractivity contribution in [2.75, 3.05) is 18.4 Å². The van der Waals surface area contributed by atoms with Crippen LogP contribution in [0.1, 0.15) is 43.7 Å². The van der Waals surface area contributed by atoms with Gasteiger partial charge in [0.25, 0.3) is 0 Å². The normalized spacial score (nSPS) is 22.5. The summed E-state index contributed by atoms with van der Waals surface area (Å²) in [6, 6.07) is 12.9. The fourth-order valence-electron chi connectivity index (χ4n) is 6.44. The number of carbonyl (C=O) groups excluding carboxylic acids is 1. The Balaban J connectivity index is 1.19. The first-order chi connectivity index (χ1) is 19.9. The van der Waals surface area contributed by atoms with Crippen molar-refractivity contribution >= 4 is 22.5 Å². The molecule has 8 heteroatoms. The maximum atomic E-state index is 15.1. The predicted octanol–water partition coefficient (Wildman–Crippen LogP) is 6.25. The second-order valence-corrected chi connectivity index (χ2v) is 12.2. The van der Waals surface area contributed by atoms with E-state index in [1.54, 1.807) is 18.5 Å². The molecule has 3 fully saturated rings. The second-order valence-electron chi connectivity index (χ2n) is 12.2. The quantitative estimate of drug-likeness (QED) is 0.267. The SMILES string of the molecule is Cc1ccc2c(CC(=O)[C@@H]3CC34CC4)c(F)ccc2c1Oc1ncccc1-c1ccnc(N[C@@H]2CNC[C@H](C)C2)n1. The number of fused-ring (bicyclic) bond motifs is 1. The number of nitrogens with one attached hydrogen (secondary N) is 2. The summed E-state index contributed by atoms with van der Waals surface area (Å²) in [5, 5.41) is 8.37. The molecule has 2 aromatic heterocycles. The Morgan fingerprint density at radius 1 is 1.10 bits per heavy atom. The van der Waals surface area contributed by atoms with Gasteiger partial charge in [0.1, 0.15) is 17.3 Å². The van der Waals surface area contributed by atoms with Crippen LogP contribution in [0.5, 0.6) is 11.6 Å². The lowest BCUT2D eigenvalue weighted by Gasteiger charge is -2.28. The number of hydrogen-bond donors (Lipinski definition) is 2. The van der Waals surface area contributed by atoms with Gasteiger partial charge in [-0.25, -0.2) is 19.3 Å². The number of hydrogen-bond acceptors (Lipinski definition) is 7. The van der Waals surface area contributed by atoms with Gasteiger partial charge in [0.05, 0.1) is 11.3 Å². The highest BCUT2D eigenvalue weighted by Gasteiger charge is 2.65. The zero-order valence-electron chi connectivity index (χ0n) is 23.4. The molecule has 0 unspecified atom stereocenters. The Bertz CT molecular complexity index is 1650. The number of aromatic nitrogens is 3. The van der Waals surface area contributed by atoms with Gasteiger partial charge in [-0.15, -0.1) is 0 Å². The molecule has 3 aliphatic rings. The minimum Gasteiger partial charge on any atom is -0.437 e. The average molecular weight is 552 g/mol.